The molecule has 0 saturated heterocycles. The van der Waals surface area contributed by atoms with E-state index in [1.54, 1.807) is 0 Å². The molecule has 1 heterocycles. The molecule has 94 valence electrons. The maximum atomic E-state index is 4.67. The van der Waals surface area contributed by atoms with E-state index in [2.05, 4.69) is 54.5 Å². The average Bonchev–Trinajstić information content (AvgIpc) is 3.09. The van der Waals surface area contributed by atoms with Crippen LogP contribution in [0, 0.1) is 12.3 Å². The summed E-state index contributed by atoms with van der Waals surface area (Å²) in [7, 11) is 0. The molecule has 0 amide bonds. The summed E-state index contributed by atoms with van der Waals surface area (Å²) >= 11 is 0. The maximum absolute atomic E-state index is 4.67. The SMILES string of the molecule is Cc1ccc2cccc(NC(C)C3(C)CC3)c2n1. The van der Waals surface area contributed by atoms with E-state index in [9.17, 15) is 0 Å². The Morgan fingerprint density at radius 3 is 2.72 bits per heavy atom. The lowest BCUT2D eigenvalue weighted by Crippen LogP contribution is -2.25. The highest BCUT2D eigenvalue weighted by Gasteiger charge is 2.42. The van der Waals surface area contributed by atoms with Crippen molar-refractivity contribution in [2.24, 2.45) is 5.41 Å². The van der Waals surface area contributed by atoms with Crippen LogP contribution in [-0.4, -0.2) is 11.0 Å². The van der Waals surface area contributed by atoms with E-state index in [1.165, 1.54) is 18.2 Å². The first-order valence-electron chi connectivity index (χ1n) is 6.71. The number of pyridine rings is 1. The van der Waals surface area contributed by atoms with Crippen LogP contribution in [0.5, 0.6) is 0 Å². The first-order chi connectivity index (χ1) is 8.58. The number of anilines is 1. The summed E-state index contributed by atoms with van der Waals surface area (Å²) in [4.78, 5) is 4.67. The number of fused-ring (bicyclic) bond motifs is 1. The average molecular weight is 240 g/mol. The van der Waals surface area contributed by atoms with E-state index in [-0.39, 0.29) is 0 Å². The molecule has 1 aromatic carbocycles. The van der Waals surface area contributed by atoms with Gasteiger partial charge in [-0.05, 0) is 44.2 Å². The molecular formula is C16H20N2. The smallest absolute Gasteiger partial charge is 0.0936 e. The van der Waals surface area contributed by atoms with Crippen molar-refractivity contribution in [3.8, 4) is 0 Å². The van der Waals surface area contributed by atoms with E-state index in [4.69, 9.17) is 0 Å². The van der Waals surface area contributed by atoms with Gasteiger partial charge in [0, 0.05) is 17.1 Å². The van der Waals surface area contributed by atoms with Crippen LogP contribution in [0.3, 0.4) is 0 Å². The fourth-order valence-corrected chi connectivity index (χ4v) is 2.40. The van der Waals surface area contributed by atoms with Gasteiger partial charge in [0.05, 0.1) is 11.2 Å². The third-order valence-electron chi connectivity index (χ3n) is 4.32. The van der Waals surface area contributed by atoms with Gasteiger partial charge in [0.2, 0.25) is 0 Å². The Hall–Kier alpha value is -1.57. The molecule has 1 saturated carbocycles. The summed E-state index contributed by atoms with van der Waals surface area (Å²) in [5, 5.41) is 4.86. The van der Waals surface area contributed by atoms with Crippen LogP contribution in [0.1, 0.15) is 32.4 Å². The van der Waals surface area contributed by atoms with E-state index in [0.717, 1.165) is 16.9 Å². The van der Waals surface area contributed by atoms with E-state index < -0.39 is 0 Å². The molecule has 0 aliphatic heterocycles. The van der Waals surface area contributed by atoms with Gasteiger partial charge in [0.25, 0.3) is 0 Å². The van der Waals surface area contributed by atoms with Crippen molar-refractivity contribution in [2.45, 2.75) is 39.7 Å². The topological polar surface area (TPSA) is 24.9 Å². The quantitative estimate of drug-likeness (QED) is 0.872. The Labute approximate surface area is 108 Å². The molecule has 1 atom stereocenters. The minimum Gasteiger partial charge on any atom is -0.380 e. The Morgan fingerprint density at radius 2 is 2.00 bits per heavy atom. The minimum absolute atomic E-state index is 0.478. The fourth-order valence-electron chi connectivity index (χ4n) is 2.40. The monoisotopic (exact) mass is 240 g/mol. The van der Waals surface area contributed by atoms with Crippen molar-refractivity contribution in [3.63, 3.8) is 0 Å². The number of rotatable bonds is 3. The minimum atomic E-state index is 0.478. The highest BCUT2D eigenvalue weighted by molar-refractivity contribution is 5.90. The van der Waals surface area contributed by atoms with Gasteiger partial charge in [0.15, 0.2) is 0 Å². The molecule has 1 fully saturated rings. The number of para-hydroxylation sites is 1. The maximum Gasteiger partial charge on any atom is 0.0936 e. The number of aromatic nitrogens is 1. The van der Waals surface area contributed by atoms with Crippen molar-refractivity contribution in [3.05, 3.63) is 36.0 Å². The molecule has 1 aliphatic rings. The third-order valence-corrected chi connectivity index (χ3v) is 4.32. The molecule has 2 heteroatoms. The second-order valence-electron chi connectivity index (χ2n) is 5.85. The molecule has 3 rings (SSSR count). The van der Waals surface area contributed by atoms with Crippen molar-refractivity contribution < 1.29 is 0 Å². The molecule has 0 bridgehead atoms. The molecule has 1 aromatic heterocycles. The van der Waals surface area contributed by atoms with Gasteiger partial charge >= 0.3 is 0 Å². The Bertz CT molecular complexity index is 585. The standard InChI is InChI=1S/C16H20N2/c1-11-7-8-13-5-4-6-14(15(13)17-11)18-12(2)16(3)9-10-16/h4-8,12,18H,9-10H2,1-3H3. The van der Waals surface area contributed by atoms with Gasteiger partial charge in [-0.3, -0.25) is 4.98 Å². The highest BCUT2D eigenvalue weighted by Crippen LogP contribution is 2.49. The van der Waals surface area contributed by atoms with Gasteiger partial charge in [-0.15, -0.1) is 0 Å². The summed E-state index contributed by atoms with van der Waals surface area (Å²) < 4.78 is 0. The van der Waals surface area contributed by atoms with Gasteiger partial charge in [-0.1, -0.05) is 25.1 Å². The molecule has 0 radical (unpaired) electrons. The number of hydrogen-bond acceptors (Lipinski definition) is 2. The van der Waals surface area contributed by atoms with Gasteiger partial charge in [0.1, 0.15) is 0 Å². The highest BCUT2D eigenvalue weighted by atomic mass is 15.0. The second-order valence-corrected chi connectivity index (χ2v) is 5.85. The number of hydrogen-bond donors (Lipinski definition) is 1. The van der Waals surface area contributed by atoms with Crippen LogP contribution in [0.25, 0.3) is 10.9 Å². The Balaban J connectivity index is 1.98. The van der Waals surface area contributed by atoms with Crippen LogP contribution in [0.15, 0.2) is 30.3 Å². The van der Waals surface area contributed by atoms with Gasteiger partial charge in [-0.25, -0.2) is 0 Å². The molecule has 2 nitrogen and oxygen atoms in total. The molecular weight excluding hydrogens is 220 g/mol. The van der Waals surface area contributed by atoms with Crippen molar-refractivity contribution in [1.29, 1.82) is 0 Å². The van der Waals surface area contributed by atoms with Crippen LogP contribution in [-0.2, 0) is 0 Å². The first kappa shape index (κ1) is 11.5. The largest absolute Gasteiger partial charge is 0.380 e. The number of nitrogens with one attached hydrogen (secondary N) is 1. The summed E-state index contributed by atoms with van der Waals surface area (Å²) in [5.41, 5.74) is 3.80. The zero-order valence-corrected chi connectivity index (χ0v) is 11.3. The molecule has 2 aromatic rings. The van der Waals surface area contributed by atoms with Crippen molar-refractivity contribution in [1.82, 2.24) is 4.98 Å². The lowest BCUT2D eigenvalue weighted by molar-refractivity contribution is 0.493. The molecule has 18 heavy (non-hydrogen) atoms. The normalized spacial score (nSPS) is 18.6. The van der Waals surface area contributed by atoms with Crippen molar-refractivity contribution >= 4 is 16.6 Å². The fraction of sp³-hybridized carbons (Fsp3) is 0.438. The van der Waals surface area contributed by atoms with Crippen LogP contribution in [0.4, 0.5) is 5.69 Å². The molecule has 1 N–H and O–H groups in total. The van der Waals surface area contributed by atoms with E-state index in [1.807, 2.05) is 6.92 Å². The summed E-state index contributed by atoms with van der Waals surface area (Å²) in [6.45, 7) is 6.68. The Morgan fingerprint density at radius 1 is 1.22 bits per heavy atom. The predicted molar refractivity (Wildman–Crippen MR) is 76.9 cm³/mol. The number of nitrogens with zero attached hydrogens (tertiary/aromatic N) is 1. The second kappa shape index (κ2) is 3.98. The van der Waals surface area contributed by atoms with Crippen molar-refractivity contribution in [2.75, 3.05) is 5.32 Å². The third kappa shape index (κ3) is 1.96. The van der Waals surface area contributed by atoms with Gasteiger partial charge in [-0.2, -0.15) is 0 Å². The summed E-state index contributed by atoms with van der Waals surface area (Å²) in [6, 6.07) is 11.1. The lowest BCUT2D eigenvalue weighted by atomic mass is 10.0. The predicted octanol–water partition coefficient (Wildman–Crippen LogP) is 4.14. The van der Waals surface area contributed by atoms with Gasteiger partial charge < -0.3 is 5.32 Å². The summed E-state index contributed by atoms with van der Waals surface area (Å²) in [5.74, 6) is 0. The number of aryl methyl sites for hydroxylation is 1. The van der Waals surface area contributed by atoms with E-state index in [0.29, 0.717) is 11.5 Å². The molecule has 1 aliphatic carbocycles. The summed E-state index contributed by atoms with van der Waals surface area (Å²) in [6.07, 6.45) is 2.66. The van der Waals surface area contributed by atoms with Crippen LogP contribution in [0.2, 0.25) is 0 Å². The molecule has 1 unspecified atom stereocenters. The van der Waals surface area contributed by atoms with Crippen LogP contribution >= 0.6 is 0 Å². The zero-order valence-electron chi connectivity index (χ0n) is 11.3. The number of benzene rings is 1. The Kier molecular flexibility index (Phi) is 2.54. The zero-order chi connectivity index (χ0) is 12.8. The first-order valence-corrected chi connectivity index (χ1v) is 6.71. The lowest BCUT2D eigenvalue weighted by Gasteiger charge is -2.22. The van der Waals surface area contributed by atoms with E-state index >= 15 is 0 Å². The molecule has 0 spiro atoms. The van der Waals surface area contributed by atoms with Crippen LogP contribution < -0.4 is 5.32 Å².